The topological polar surface area (TPSA) is 47.3 Å². The van der Waals surface area contributed by atoms with E-state index in [1.807, 2.05) is 12.1 Å². The molecule has 1 aromatic rings. The zero-order chi connectivity index (χ0) is 11.5. The second-order valence-electron chi connectivity index (χ2n) is 5.73. The summed E-state index contributed by atoms with van der Waals surface area (Å²) in [6.07, 6.45) is 4.66. The van der Waals surface area contributed by atoms with Gasteiger partial charge >= 0.3 is 0 Å². The van der Waals surface area contributed by atoms with E-state index in [-0.39, 0.29) is 11.6 Å². The van der Waals surface area contributed by atoms with E-state index < -0.39 is 0 Å². The lowest BCUT2D eigenvalue weighted by molar-refractivity contribution is 0.0183. The molecule has 1 aromatic carbocycles. The second kappa shape index (κ2) is 3.24. The van der Waals surface area contributed by atoms with Crippen LogP contribution in [-0.2, 0) is 0 Å². The Hall–Kier alpha value is -1.06. The maximum Gasteiger partial charge on any atom is 0.131 e. The summed E-state index contributed by atoms with van der Waals surface area (Å²) >= 11 is 0. The quantitative estimate of drug-likeness (QED) is 0.713. The zero-order valence-corrected chi connectivity index (χ0v) is 9.86. The van der Waals surface area contributed by atoms with Crippen molar-refractivity contribution in [2.45, 2.75) is 49.4 Å². The third kappa shape index (κ3) is 1.30. The van der Waals surface area contributed by atoms with E-state index in [0.717, 1.165) is 18.6 Å². The molecule has 0 amide bonds. The van der Waals surface area contributed by atoms with Crippen molar-refractivity contribution >= 4 is 0 Å². The molecule has 90 valence electrons. The van der Waals surface area contributed by atoms with E-state index in [1.54, 1.807) is 0 Å². The average Bonchev–Trinajstić information content (AvgIpc) is 2.80. The predicted molar refractivity (Wildman–Crippen MR) is 65.9 cm³/mol. The van der Waals surface area contributed by atoms with E-state index in [2.05, 4.69) is 17.4 Å². The molecule has 2 fully saturated rings. The molecule has 2 saturated heterocycles. The van der Waals surface area contributed by atoms with Crippen LogP contribution < -0.4 is 15.8 Å². The van der Waals surface area contributed by atoms with Crippen LogP contribution in [0.3, 0.4) is 0 Å². The third-order valence-electron chi connectivity index (χ3n) is 4.65. The van der Waals surface area contributed by atoms with Gasteiger partial charge in [0.1, 0.15) is 11.4 Å². The van der Waals surface area contributed by atoms with Crippen LogP contribution in [0.15, 0.2) is 24.3 Å². The molecule has 3 N–H and O–H groups in total. The molecule has 4 atom stereocenters. The SMILES string of the molecule is N[C@@H]1c2ccccc2O[C@@]12C[C@H]1CC[C@@H](C2)N1. The van der Waals surface area contributed by atoms with Gasteiger partial charge in [0.15, 0.2) is 0 Å². The Kier molecular flexibility index (Phi) is 1.89. The standard InChI is InChI=1S/C14H18N2O/c15-13-11-3-1-2-4-12(11)17-14(13)7-9-5-6-10(8-14)16-9/h1-4,9-10,13,16H,5-8,15H2/t9-,10+,13-,14-/m1/s1. The Labute approximate surface area is 101 Å². The van der Waals surface area contributed by atoms with Gasteiger partial charge in [0.05, 0.1) is 6.04 Å². The number of fused-ring (bicyclic) bond motifs is 3. The average molecular weight is 230 g/mol. The summed E-state index contributed by atoms with van der Waals surface area (Å²) in [5, 5.41) is 3.65. The van der Waals surface area contributed by atoms with E-state index >= 15 is 0 Å². The first-order valence-electron chi connectivity index (χ1n) is 6.56. The lowest BCUT2D eigenvalue weighted by atomic mass is 9.80. The molecule has 0 radical (unpaired) electrons. The van der Waals surface area contributed by atoms with Crippen LogP contribution in [0.2, 0.25) is 0 Å². The van der Waals surface area contributed by atoms with Gasteiger partial charge in [-0.15, -0.1) is 0 Å². The third-order valence-corrected chi connectivity index (χ3v) is 4.65. The molecule has 4 rings (SSSR count). The van der Waals surface area contributed by atoms with Crippen LogP contribution in [0.1, 0.15) is 37.3 Å². The molecule has 1 spiro atoms. The van der Waals surface area contributed by atoms with Gasteiger partial charge in [-0.1, -0.05) is 18.2 Å². The maximum absolute atomic E-state index is 6.46. The molecule has 3 heterocycles. The van der Waals surface area contributed by atoms with Gasteiger partial charge in [-0.3, -0.25) is 0 Å². The number of hydrogen-bond acceptors (Lipinski definition) is 3. The Morgan fingerprint density at radius 2 is 1.88 bits per heavy atom. The summed E-state index contributed by atoms with van der Waals surface area (Å²) in [4.78, 5) is 0. The van der Waals surface area contributed by atoms with Crippen LogP contribution in [0.25, 0.3) is 0 Å². The first-order chi connectivity index (χ1) is 8.27. The molecule has 2 bridgehead atoms. The van der Waals surface area contributed by atoms with Gasteiger partial charge in [0.2, 0.25) is 0 Å². The normalized spacial score (nSPS) is 42.5. The van der Waals surface area contributed by atoms with Crippen molar-refractivity contribution in [3.05, 3.63) is 29.8 Å². The second-order valence-corrected chi connectivity index (χ2v) is 5.73. The van der Waals surface area contributed by atoms with Crippen molar-refractivity contribution < 1.29 is 4.74 Å². The van der Waals surface area contributed by atoms with Gasteiger partial charge in [0.25, 0.3) is 0 Å². The molecule has 3 heteroatoms. The molecule has 0 unspecified atom stereocenters. The fourth-order valence-corrected chi connectivity index (χ4v) is 3.88. The minimum Gasteiger partial charge on any atom is -0.485 e. The van der Waals surface area contributed by atoms with E-state index in [9.17, 15) is 0 Å². The number of rotatable bonds is 0. The van der Waals surface area contributed by atoms with Crippen LogP contribution >= 0.6 is 0 Å². The summed E-state index contributed by atoms with van der Waals surface area (Å²) < 4.78 is 6.26. The highest BCUT2D eigenvalue weighted by Crippen LogP contribution is 2.50. The van der Waals surface area contributed by atoms with Crippen molar-refractivity contribution in [1.82, 2.24) is 5.32 Å². The van der Waals surface area contributed by atoms with Gasteiger partial charge in [-0.05, 0) is 18.9 Å². The number of ether oxygens (including phenoxy) is 1. The minimum atomic E-state index is -0.138. The van der Waals surface area contributed by atoms with Gasteiger partial charge in [-0.25, -0.2) is 0 Å². The molecule has 3 aliphatic heterocycles. The lowest BCUT2D eigenvalue weighted by Gasteiger charge is -2.40. The molecule has 0 aliphatic carbocycles. The van der Waals surface area contributed by atoms with Crippen molar-refractivity contribution in [3.63, 3.8) is 0 Å². The van der Waals surface area contributed by atoms with Crippen LogP contribution in [-0.4, -0.2) is 17.7 Å². The van der Waals surface area contributed by atoms with Gasteiger partial charge in [0, 0.05) is 30.5 Å². The summed E-state index contributed by atoms with van der Waals surface area (Å²) in [6, 6.07) is 9.50. The molecular formula is C14H18N2O. The van der Waals surface area contributed by atoms with E-state index in [0.29, 0.717) is 12.1 Å². The fraction of sp³-hybridized carbons (Fsp3) is 0.571. The molecular weight excluding hydrogens is 212 g/mol. The van der Waals surface area contributed by atoms with Crippen LogP contribution in [0.5, 0.6) is 5.75 Å². The van der Waals surface area contributed by atoms with Crippen molar-refractivity contribution in [1.29, 1.82) is 0 Å². The highest BCUT2D eigenvalue weighted by atomic mass is 16.5. The largest absolute Gasteiger partial charge is 0.485 e. The van der Waals surface area contributed by atoms with Gasteiger partial charge in [-0.2, -0.15) is 0 Å². The number of piperidine rings is 1. The lowest BCUT2D eigenvalue weighted by Crippen LogP contribution is -2.54. The Morgan fingerprint density at radius 3 is 2.59 bits per heavy atom. The number of para-hydroxylation sites is 1. The van der Waals surface area contributed by atoms with E-state index in [1.165, 1.54) is 18.4 Å². The van der Waals surface area contributed by atoms with Crippen molar-refractivity contribution in [3.8, 4) is 5.75 Å². The monoisotopic (exact) mass is 230 g/mol. The maximum atomic E-state index is 6.46. The van der Waals surface area contributed by atoms with Gasteiger partial charge < -0.3 is 15.8 Å². The Morgan fingerprint density at radius 1 is 1.18 bits per heavy atom. The number of nitrogens with one attached hydrogen (secondary N) is 1. The number of benzene rings is 1. The summed E-state index contributed by atoms with van der Waals surface area (Å²) in [7, 11) is 0. The minimum absolute atomic E-state index is 0.0453. The fourth-order valence-electron chi connectivity index (χ4n) is 3.88. The van der Waals surface area contributed by atoms with Crippen LogP contribution in [0, 0.1) is 0 Å². The first-order valence-corrected chi connectivity index (χ1v) is 6.56. The molecule has 0 saturated carbocycles. The highest BCUT2D eigenvalue weighted by Gasteiger charge is 2.53. The Bertz CT molecular complexity index is 447. The smallest absolute Gasteiger partial charge is 0.131 e. The predicted octanol–water partition coefficient (Wildman–Crippen LogP) is 1.73. The molecule has 3 aliphatic rings. The van der Waals surface area contributed by atoms with Crippen LogP contribution in [0.4, 0.5) is 0 Å². The molecule has 0 aromatic heterocycles. The summed E-state index contributed by atoms with van der Waals surface area (Å²) in [5.74, 6) is 1.00. The summed E-state index contributed by atoms with van der Waals surface area (Å²) in [6.45, 7) is 0. The zero-order valence-electron chi connectivity index (χ0n) is 9.86. The Balaban J connectivity index is 1.73. The van der Waals surface area contributed by atoms with Crippen molar-refractivity contribution in [2.24, 2.45) is 5.73 Å². The first kappa shape index (κ1) is 9.92. The molecule has 3 nitrogen and oxygen atoms in total. The summed E-state index contributed by atoms with van der Waals surface area (Å²) in [5.41, 5.74) is 7.51. The number of nitrogens with two attached hydrogens (primary N) is 1. The van der Waals surface area contributed by atoms with E-state index in [4.69, 9.17) is 10.5 Å². The molecule has 17 heavy (non-hydrogen) atoms. The number of hydrogen-bond donors (Lipinski definition) is 2. The van der Waals surface area contributed by atoms with Crippen molar-refractivity contribution in [2.75, 3.05) is 0 Å². The highest BCUT2D eigenvalue weighted by molar-refractivity contribution is 5.43.